The Kier molecular flexibility index (Phi) is 5.40. The maximum atomic E-state index is 14.9. The van der Waals surface area contributed by atoms with Gasteiger partial charge in [0.15, 0.2) is 0 Å². The third kappa shape index (κ3) is 3.76. The van der Waals surface area contributed by atoms with Crippen molar-refractivity contribution in [1.82, 2.24) is 9.13 Å². The Morgan fingerprint density at radius 3 is 2.63 bits per heavy atom. The lowest BCUT2D eigenvalue weighted by Crippen LogP contribution is -2.41. The molecule has 5 rings (SSSR count). The van der Waals surface area contributed by atoms with Crippen molar-refractivity contribution < 1.29 is 19.1 Å². The molecule has 2 aromatic heterocycles. The Labute approximate surface area is 201 Å². The van der Waals surface area contributed by atoms with Gasteiger partial charge < -0.3 is 24.5 Å². The minimum atomic E-state index is -0.580. The Hall–Kier alpha value is -3.72. The summed E-state index contributed by atoms with van der Waals surface area (Å²) >= 11 is 0. The van der Waals surface area contributed by atoms with Gasteiger partial charge in [-0.3, -0.25) is 14.4 Å². The summed E-state index contributed by atoms with van der Waals surface area (Å²) in [7, 11) is 1.52. The van der Waals surface area contributed by atoms with Gasteiger partial charge in [-0.15, -0.1) is 0 Å². The molecule has 0 fully saturated rings. The van der Waals surface area contributed by atoms with Crippen molar-refractivity contribution in [2.24, 2.45) is 12.5 Å². The number of hydrogen-bond acceptors (Lipinski definition) is 4. The van der Waals surface area contributed by atoms with Crippen LogP contribution in [0.15, 0.2) is 35.3 Å². The van der Waals surface area contributed by atoms with Gasteiger partial charge in [0.2, 0.25) is 6.41 Å². The zero-order chi connectivity index (χ0) is 25.1. The van der Waals surface area contributed by atoms with Crippen molar-refractivity contribution in [3.63, 3.8) is 0 Å². The average molecular weight is 479 g/mol. The van der Waals surface area contributed by atoms with Gasteiger partial charge in [0.25, 0.3) is 11.5 Å². The summed E-state index contributed by atoms with van der Waals surface area (Å²) in [5.41, 5.74) is 4.14. The molecule has 2 amide bonds. The van der Waals surface area contributed by atoms with Crippen LogP contribution in [0.3, 0.4) is 0 Å². The molecule has 8 nitrogen and oxygen atoms in total. The Balaban J connectivity index is 1.60. The van der Waals surface area contributed by atoms with Gasteiger partial charge in [0.05, 0.1) is 12.3 Å². The SMILES string of the molecule is Cn1cc(-c2cc(F)cc(N3CCn4c(cc5c4CC(C)(C)C5)C3=O)c2CO)cc(NC=O)c1=O. The molecule has 2 N–H and O–H groups in total. The third-order valence-electron chi connectivity index (χ3n) is 6.97. The normalized spacial score (nSPS) is 16.3. The van der Waals surface area contributed by atoms with Gasteiger partial charge in [0.1, 0.15) is 17.2 Å². The second kappa shape index (κ2) is 8.20. The number of carbonyl (C=O) groups excluding carboxylic acids is 2. The Morgan fingerprint density at radius 1 is 1.14 bits per heavy atom. The number of nitrogens with one attached hydrogen (secondary N) is 1. The quantitative estimate of drug-likeness (QED) is 0.551. The summed E-state index contributed by atoms with van der Waals surface area (Å²) in [5, 5.41) is 12.7. The maximum Gasteiger partial charge on any atom is 0.274 e. The Bertz CT molecular complexity index is 1440. The predicted molar refractivity (Wildman–Crippen MR) is 130 cm³/mol. The van der Waals surface area contributed by atoms with E-state index in [4.69, 9.17) is 0 Å². The number of pyridine rings is 1. The largest absolute Gasteiger partial charge is 0.392 e. The van der Waals surface area contributed by atoms with E-state index in [9.17, 15) is 23.9 Å². The van der Waals surface area contributed by atoms with Crippen molar-refractivity contribution in [1.29, 1.82) is 0 Å². The van der Waals surface area contributed by atoms with E-state index in [2.05, 4.69) is 23.7 Å². The standard InChI is InChI=1S/C26H27FN4O4/c1-26(2)10-15-7-22-25(35)31(5-4-30(22)23(15)11-26)21-9-17(27)8-18(19(21)13-32)16-6-20(28-14-33)24(34)29(3)12-16/h6-9,12,14,32H,4-5,10-11,13H2,1-3H3,(H,28,33). The van der Waals surface area contributed by atoms with E-state index in [1.54, 1.807) is 0 Å². The molecule has 0 bridgehead atoms. The predicted octanol–water partition coefficient (Wildman–Crippen LogP) is 2.84. The van der Waals surface area contributed by atoms with E-state index in [0.29, 0.717) is 47.6 Å². The molecule has 0 atom stereocenters. The number of fused-ring (bicyclic) bond motifs is 3. The first-order chi connectivity index (χ1) is 16.6. The van der Waals surface area contributed by atoms with Crippen molar-refractivity contribution in [2.75, 3.05) is 16.8 Å². The van der Waals surface area contributed by atoms with Crippen LogP contribution in [0.4, 0.5) is 15.8 Å². The molecule has 35 heavy (non-hydrogen) atoms. The first kappa shape index (κ1) is 23.0. The fraction of sp³-hybridized carbons (Fsp3) is 0.346. The summed E-state index contributed by atoms with van der Waals surface area (Å²) in [4.78, 5) is 38.3. The molecule has 9 heteroatoms. The summed E-state index contributed by atoms with van der Waals surface area (Å²) in [6, 6.07) is 5.90. The summed E-state index contributed by atoms with van der Waals surface area (Å²) < 4.78 is 18.2. The number of amides is 2. The highest BCUT2D eigenvalue weighted by Crippen LogP contribution is 2.40. The minimum absolute atomic E-state index is 0.0269. The van der Waals surface area contributed by atoms with Crippen molar-refractivity contribution in [2.45, 2.75) is 39.8 Å². The van der Waals surface area contributed by atoms with Crippen LogP contribution in [0.2, 0.25) is 0 Å². The van der Waals surface area contributed by atoms with Gasteiger partial charge in [-0.2, -0.15) is 0 Å². The van der Waals surface area contributed by atoms with Gasteiger partial charge >= 0.3 is 0 Å². The van der Waals surface area contributed by atoms with E-state index in [-0.39, 0.29) is 17.0 Å². The molecule has 1 aromatic carbocycles. The van der Waals surface area contributed by atoms with Crippen LogP contribution in [-0.4, -0.2) is 33.1 Å². The maximum absolute atomic E-state index is 14.9. The molecular formula is C26H27FN4O4. The second-order valence-electron chi connectivity index (χ2n) is 10.1. The summed E-state index contributed by atoms with van der Waals surface area (Å²) in [5.74, 6) is -0.817. The number of benzene rings is 1. The molecule has 2 aliphatic rings. The number of anilines is 2. The highest BCUT2D eigenvalue weighted by Gasteiger charge is 2.37. The number of aryl methyl sites for hydroxylation is 1. The number of aliphatic hydroxyl groups excluding tert-OH is 1. The first-order valence-corrected chi connectivity index (χ1v) is 11.5. The molecule has 1 aliphatic heterocycles. The molecule has 0 spiro atoms. The van der Waals surface area contributed by atoms with Crippen LogP contribution in [0.25, 0.3) is 11.1 Å². The van der Waals surface area contributed by atoms with Gasteiger partial charge in [-0.1, -0.05) is 13.8 Å². The molecule has 0 saturated heterocycles. The van der Waals surface area contributed by atoms with Crippen LogP contribution in [0.1, 0.15) is 41.2 Å². The zero-order valence-electron chi connectivity index (χ0n) is 19.9. The highest BCUT2D eigenvalue weighted by atomic mass is 19.1. The summed E-state index contributed by atoms with van der Waals surface area (Å²) in [6.07, 6.45) is 3.72. The lowest BCUT2D eigenvalue weighted by Gasteiger charge is -2.32. The van der Waals surface area contributed by atoms with E-state index in [1.165, 1.54) is 52.2 Å². The van der Waals surface area contributed by atoms with Crippen molar-refractivity contribution >= 4 is 23.7 Å². The van der Waals surface area contributed by atoms with E-state index in [1.807, 2.05) is 6.07 Å². The van der Waals surface area contributed by atoms with Gasteiger partial charge in [-0.05, 0) is 53.6 Å². The summed E-state index contributed by atoms with van der Waals surface area (Å²) in [6.45, 7) is 4.91. The molecule has 1 aliphatic carbocycles. The number of aliphatic hydroxyl groups is 1. The molecular weight excluding hydrogens is 451 g/mol. The molecule has 3 aromatic rings. The number of rotatable bonds is 5. The van der Waals surface area contributed by atoms with Crippen molar-refractivity contribution in [3.8, 4) is 11.1 Å². The smallest absolute Gasteiger partial charge is 0.274 e. The zero-order valence-corrected chi connectivity index (χ0v) is 19.9. The topological polar surface area (TPSA) is 96.6 Å². The van der Waals surface area contributed by atoms with Crippen LogP contribution in [-0.2, 0) is 37.8 Å². The van der Waals surface area contributed by atoms with E-state index >= 15 is 0 Å². The first-order valence-electron chi connectivity index (χ1n) is 11.5. The van der Waals surface area contributed by atoms with Gasteiger partial charge in [0, 0.05) is 43.2 Å². The minimum Gasteiger partial charge on any atom is -0.392 e. The molecule has 182 valence electrons. The lowest BCUT2D eigenvalue weighted by atomic mass is 9.90. The fourth-order valence-electron chi connectivity index (χ4n) is 5.45. The number of nitrogens with zero attached hydrogens (tertiary/aromatic N) is 3. The van der Waals surface area contributed by atoms with Crippen LogP contribution >= 0.6 is 0 Å². The Morgan fingerprint density at radius 2 is 1.91 bits per heavy atom. The third-order valence-corrected chi connectivity index (χ3v) is 6.97. The second-order valence-corrected chi connectivity index (χ2v) is 10.1. The fourth-order valence-corrected chi connectivity index (χ4v) is 5.45. The lowest BCUT2D eigenvalue weighted by molar-refractivity contribution is -0.105. The number of hydrogen-bond donors (Lipinski definition) is 2. The van der Waals surface area contributed by atoms with Crippen LogP contribution < -0.4 is 15.8 Å². The molecule has 0 radical (unpaired) electrons. The molecule has 0 unspecified atom stereocenters. The van der Waals surface area contributed by atoms with E-state index in [0.717, 1.165) is 12.8 Å². The monoisotopic (exact) mass is 478 g/mol. The van der Waals surface area contributed by atoms with Gasteiger partial charge in [-0.25, -0.2) is 4.39 Å². The van der Waals surface area contributed by atoms with Crippen LogP contribution in [0, 0.1) is 11.2 Å². The average Bonchev–Trinajstić information content (AvgIpc) is 3.29. The number of halogens is 1. The number of carbonyl (C=O) groups is 2. The number of aromatic nitrogens is 2. The molecule has 0 saturated carbocycles. The van der Waals surface area contributed by atoms with Crippen LogP contribution in [0.5, 0.6) is 0 Å². The highest BCUT2D eigenvalue weighted by molar-refractivity contribution is 6.07. The van der Waals surface area contributed by atoms with Crippen molar-refractivity contribution in [3.05, 3.63) is 69.1 Å². The van der Waals surface area contributed by atoms with E-state index < -0.39 is 18.0 Å². The molecule has 3 heterocycles.